The number of aromatic nitrogens is 2. The topological polar surface area (TPSA) is 60.5 Å². The molecule has 6 nitrogen and oxygen atoms in total. The number of aryl methyl sites for hydroxylation is 1. The number of nitrogens with zero attached hydrogens (tertiary/aromatic N) is 3. The number of esters is 1. The zero-order valence-corrected chi connectivity index (χ0v) is 12.5. The Kier molecular flexibility index (Phi) is 5.57. The van der Waals surface area contributed by atoms with Crippen molar-refractivity contribution < 1.29 is 13.9 Å². The lowest BCUT2D eigenvalue weighted by atomic mass is 10.3. The van der Waals surface area contributed by atoms with Crippen molar-refractivity contribution in [3.63, 3.8) is 0 Å². The Hall–Kier alpha value is -2.08. The first-order valence-corrected chi connectivity index (χ1v) is 7.05. The van der Waals surface area contributed by atoms with Crippen molar-refractivity contribution >= 4 is 5.97 Å². The van der Waals surface area contributed by atoms with E-state index in [1.807, 2.05) is 36.9 Å². The molecule has 114 valence electrons. The molecule has 0 fully saturated rings. The van der Waals surface area contributed by atoms with Crippen molar-refractivity contribution in [3.05, 3.63) is 42.4 Å². The minimum atomic E-state index is -0.179. The van der Waals surface area contributed by atoms with Crippen molar-refractivity contribution in [3.8, 4) is 0 Å². The summed E-state index contributed by atoms with van der Waals surface area (Å²) in [5, 5.41) is 0. The van der Waals surface area contributed by atoms with Crippen LogP contribution in [0.25, 0.3) is 0 Å². The van der Waals surface area contributed by atoms with Gasteiger partial charge in [-0.3, -0.25) is 9.69 Å². The predicted molar refractivity (Wildman–Crippen MR) is 77.3 cm³/mol. The molecule has 2 aromatic rings. The molecule has 0 saturated carbocycles. The van der Waals surface area contributed by atoms with E-state index in [-0.39, 0.29) is 5.97 Å². The van der Waals surface area contributed by atoms with E-state index in [4.69, 9.17) is 9.15 Å². The van der Waals surface area contributed by atoms with Crippen molar-refractivity contribution in [2.75, 3.05) is 13.2 Å². The van der Waals surface area contributed by atoms with E-state index in [0.29, 0.717) is 32.7 Å². The first kappa shape index (κ1) is 15.3. The average Bonchev–Trinajstić information content (AvgIpc) is 3.09. The highest BCUT2D eigenvalue weighted by atomic mass is 16.5. The summed E-state index contributed by atoms with van der Waals surface area (Å²) >= 11 is 0. The molecule has 2 aromatic heterocycles. The normalized spacial score (nSPS) is 11.0. The number of carbonyl (C=O) groups is 1. The van der Waals surface area contributed by atoms with Gasteiger partial charge in [0.05, 0.1) is 32.4 Å². The standard InChI is InChI=1S/C15H21N3O3/c1-3-20-15(19)6-8-18(11-13-5-4-10-21-13)12-14-16-7-9-17(14)2/h4-5,7,9-10H,3,6,8,11-12H2,1-2H3. The average molecular weight is 291 g/mol. The SMILES string of the molecule is CCOC(=O)CCN(Cc1ccco1)Cc1nccn1C. The molecule has 2 rings (SSSR count). The van der Waals surface area contributed by atoms with Crippen LogP contribution in [0.3, 0.4) is 0 Å². The van der Waals surface area contributed by atoms with Crippen LogP contribution in [-0.2, 0) is 29.7 Å². The quantitative estimate of drug-likeness (QED) is 0.696. The summed E-state index contributed by atoms with van der Waals surface area (Å²) in [6.07, 6.45) is 5.69. The van der Waals surface area contributed by atoms with Crippen LogP contribution in [0.5, 0.6) is 0 Å². The summed E-state index contributed by atoms with van der Waals surface area (Å²) in [6.45, 7) is 4.12. The minimum Gasteiger partial charge on any atom is -0.468 e. The molecular weight excluding hydrogens is 270 g/mol. The molecule has 0 radical (unpaired) electrons. The molecule has 2 heterocycles. The Labute approximate surface area is 124 Å². The lowest BCUT2D eigenvalue weighted by Crippen LogP contribution is -2.27. The van der Waals surface area contributed by atoms with Gasteiger partial charge in [-0.2, -0.15) is 0 Å². The highest BCUT2D eigenvalue weighted by Crippen LogP contribution is 2.10. The van der Waals surface area contributed by atoms with Crippen LogP contribution in [0.4, 0.5) is 0 Å². The van der Waals surface area contributed by atoms with E-state index in [9.17, 15) is 4.79 Å². The molecule has 0 unspecified atom stereocenters. The van der Waals surface area contributed by atoms with Gasteiger partial charge in [-0.05, 0) is 19.1 Å². The molecule has 0 aliphatic heterocycles. The van der Waals surface area contributed by atoms with E-state index in [1.54, 1.807) is 12.5 Å². The Morgan fingerprint density at radius 2 is 2.33 bits per heavy atom. The number of hydrogen-bond acceptors (Lipinski definition) is 5. The van der Waals surface area contributed by atoms with Crippen molar-refractivity contribution in [2.45, 2.75) is 26.4 Å². The number of furan rings is 1. The molecular formula is C15H21N3O3. The Balaban J connectivity index is 1.96. The van der Waals surface area contributed by atoms with E-state index in [2.05, 4.69) is 9.88 Å². The van der Waals surface area contributed by atoms with Crippen molar-refractivity contribution in [1.82, 2.24) is 14.5 Å². The maximum Gasteiger partial charge on any atom is 0.307 e. The summed E-state index contributed by atoms with van der Waals surface area (Å²) < 4.78 is 12.3. The fourth-order valence-electron chi connectivity index (χ4n) is 2.07. The fourth-order valence-corrected chi connectivity index (χ4v) is 2.07. The third kappa shape index (κ3) is 4.75. The van der Waals surface area contributed by atoms with E-state index in [1.165, 1.54) is 0 Å². The van der Waals surface area contributed by atoms with Gasteiger partial charge in [0, 0.05) is 26.0 Å². The summed E-state index contributed by atoms with van der Waals surface area (Å²) in [7, 11) is 1.96. The fraction of sp³-hybridized carbons (Fsp3) is 0.467. The van der Waals surface area contributed by atoms with Gasteiger partial charge in [0.25, 0.3) is 0 Å². The highest BCUT2D eigenvalue weighted by Gasteiger charge is 2.13. The number of carbonyl (C=O) groups excluding carboxylic acids is 1. The number of rotatable bonds is 8. The van der Waals surface area contributed by atoms with Gasteiger partial charge in [-0.1, -0.05) is 0 Å². The second-order valence-corrected chi connectivity index (χ2v) is 4.80. The highest BCUT2D eigenvalue weighted by molar-refractivity contribution is 5.69. The third-order valence-corrected chi connectivity index (χ3v) is 3.18. The van der Waals surface area contributed by atoms with Gasteiger partial charge in [-0.15, -0.1) is 0 Å². The molecule has 0 amide bonds. The molecule has 6 heteroatoms. The van der Waals surface area contributed by atoms with Crippen LogP contribution in [0.15, 0.2) is 35.2 Å². The van der Waals surface area contributed by atoms with Crippen LogP contribution in [-0.4, -0.2) is 33.6 Å². The van der Waals surface area contributed by atoms with Gasteiger partial charge < -0.3 is 13.7 Å². The first-order valence-electron chi connectivity index (χ1n) is 7.05. The van der Waals surface area contributed by atoms with Gasteiger partial charge in [-0.25, -0.2) is 4.98 Å². The number of ether oxygens (including phenoxy) is 1. The maximum absolute atomic E-state index is 11.5. The Morgan fingerprint density at radius 1 is 1.48 bits per heavy atom. The first-order chi connectivity index (χ1) is 10.2. The lowest BCUT2D eigenvalue weighted by molar-refractivity contribution is -0.143. The van der Waals surface area contributed by atoms with Crippen molar-refractivity contribution in [1.29, 1.82) is 0 Å². The van der Waals surface area contributed by atoms with Crippen LogP contribution in [0.1, 0.15) is 24.9 Å². The van der Waals surface area contributed by atoms with Crippen LogP contribution in [0.2, 0.25) is 0 Å². The molecule has 0 atom stereocenters. The van der Waals surface area contributed by atoms with E-state index >= 15 is 0 Å². The molecule has 21 heavy (non-hydrogen) atoms. The largest absolute Gasteiger partial charge is 0.468 e. The lowest BCUT2D eigenvalue weighted by Gasteiger charge is -2.20. The molecule has 0 saturated heterocycles. The summed E-state index contributed by atoms with van der Waals surface area (Å²) in [6, 6.07) is 3.79. The van der Waals surface area contributed by atoms with Gasteiger partial charge >= 0.3 is 5.97 Å². The molecule has 0 aliphatic rings. The maximum atomic E-state index is 11.5. The zero-order valence-electron chi connectivity index (χ0n) is 12.5. The molecule has 0 bridgehead atoms. The molecule has 0 aromatic carbocycles. The monoisotopic (exact) mass is 291 g/mol. The molecule has 0 spiro atoms. The van der Waals surface area contributed by atoms with Gasteiger partial charge in [0.15, 0.2) is 0 Å². The number of hydrogen-bond donors (Lipinski definition) is 0. The van der Waals surface area contributed by atoms with Crippen LogP contribution >= 0.6 is 0 Å². The summed E-state index contributed by atoms with van der Waals surface area (Å²) in [5.74, 6) is 1.64. The van der Waals surface area contributed by atoms with Gasteiger partial charge in [0.2, 0.25) is 0 Å². The Bertz CT molecular complexity index is 548. The molecule has 0 aliphatic carbocycles. The minimum absolute atomic E-state index is 0.179. The van der Waals surface area contributed by atoms with Crippen LogP contribution < -0.4 is 0 Å². The summed E-state index contributed by atoms with van der Waals surface area (Å²) in [5.41, 5.74) is 0. The van der Waals surface area contributed by atoms with Gasteiger partial charge in [0.1, 0.15) is 11.6 Å². The Morgan fingerprint density at radius 3 is 2.95 bits per heavy atom. The zero-order chi connectivity index (χ0) is 15.1. The van der Waals surface area contributed by atoms with E-state index in [0.717, 1.165) is 11.6 Å². The second kappa shape index (κ2) is 7.64. The van der Waals surface area contributed by atoms with E-state index < -0.39 is 0 Å². The van der Waals surface area contributed by atoms with Crippen molar-refractivity contribution in [2.24, 2.45) is 7.05 Å². The predicted octanol–water partition coefficient (Wildman–Crippen LogP) is 1.97. The third-order valence-electron chi connectivity index (χ3n) is 3.18. The molecule has 0 N–H and O–H groups in total. The second-order valence-electron chi connectivity index (χ2n) is 4.80. The van der Waals surface area contributed by atoms with Crippen LogP contribution in [0, 0.1) is 0 Å². The number of imidazole rings is 1. The summed E-state index contributed by atoms with van der Waals surface area (Å²) in [4.78, 5) is 18.0. The smallest absolute Gasteiger partial charge is 0.307 e.